The monoisotopic (exact) mass is 220 g/mol. The predicted octanol–water partition coefficient (Wildman–Crippen LogP) is 3.19. The third kappa shape index (κ3) is 2.27. The van der Waals surface area contributed by atoms with Gasteiger partial charge in [-0.05, 0) is 36.8 Å². The maximum absolute atomic E-state index is 5.32. The lowest BCUT2D eigenvalue weighted by Crippen LogP contribution is -1.92. The van der Waals surface area contributed by atoms with Crippen molar-refractivity contribution < 1.29 is 0 Å². The SMILES string of the molecule is C#CC(C)C1=CC(Br)=CC=C=C1. The number of halogens is 1. The number of rotatable bonds is 1. The van der Waals surface area contributed by atoms with Crippen LogP contribution in [0.15, 0.2) is 40.1 Å². The highest BCUT2D eigenvalue weighted by Gasteiger charge is 2.02. The Bertz CT molecular complexity index is 331. The first-order valence-corrected chi connectivity index (χ1v) is 4.49. The zero-order valence-electron chi connectivity index (χ0n) is 6.84. The molecule has 0 nitrogen and oxygen atoms in total. The molecular weight excluding hydrogens is 212 g/mol. The van der Waals surface area contributed by atoms with E-state index in [9.17, 15) is 0 Å². The maximum Gasteiger partial charge on any atom is 0.0428 e. The summed E-state index contributed by atoms with van der Waals surface area (Å²) in [6, 6.07) is 0. The van der Waals surface area contributed by atoms with E-state index in [1.165, 1.54) is 0 Å². The fourth-order valence-electron chi connectivity index (χ4n) is 0.867. The van der Waals surface area contributed by atoms with E-state index in [0.29, 0.717) is 0 Å². The molecule has 1 aliphatic rings. The predicted molar refractivity (Wildman–Crippen MR) is 55.7 cm³/mol. The molecule has 1 aliphatic carbocycles. The molecule has 0 heterocycles. The fraction of sp³-hybridized carbons (Fsp3) is 0.182. The van der Waals surface area contributed by atoms with Crippen molar-refractivity contribution in [2.45, 2.75) is 6.92 Å². The van der Waals surface area contributed by atoms with Gasteiger partial charge in [0.2, 0.25) is 0 Å². The lowest BCUT2D eigenvalue weighted by molar-refractivity contribution is 0.930. The van der Waals surface area contributed by atoms with Crippen LogP contribution in [-0.2, 0) is 0 Å². The Kier molecular flexibility index (Phi) is 3.17. The summed E-state index contributed by atoms with van der Waals surface area (Å²) in [5, 5.41) is 0. The molecular formula is C11H9Br. The second kappa shape index (κ2) is 4.16. The van der Waals surface area contributed by atoms with Crippen LogP contribution in [0.5, 0.6) is 0 Å². The molecule has 0 bridgehead atoms. The first-order chi connectivity index (χ1) is 5.74. The zero-order chi connectivity index (χ0) is 8.97. The molecule has 1 unspecified atom stereocenters. The Morgan fingerprint density at radius 2 is 2.42 bits per heavy atom. The minimum absolute atomic E-state index is 0.143. The van der Waals surface area contributed by atoms with Crippen LogP contribution in [0.2, 0.25) is 0 Å². The number of hydrogen-bond acceptors (Lipinski definition) is 0. The molecule has 1 heteroatoms. The third-order valence-electron chi connectivity index (χ3n) is 1.64. The van der Waals surface area contributed by atoms with Crippen LogP contribution in [0.1, 0.15) is 6.92 Å². The van der Waals surface area contributed by atoms with Crippen molar-refractivity contribution >= 4 is 15.9 Å². The molecule has 0 aliphatic heterocycles. The van der Waals surface area contributed by atoms with Crippen molar-refractivity contribution in [2.24, 2.45) is 5.92 Å². The molecule has 1 rings (SSSR count). The van der Waals surface area contributed by atoms with Crippen molar-refractivity contribution in [1.29, 1.82) is 0 Å². The Morgan fingerprint density at radius 1 is 1.67 bits per heavy atom. The van der Waals surface area contributed by atoms with Crippen LogP contribution < -0.4 is 0 Å². The molecule has 0 saturated heterocycles. The number of hydrogen-bond donors (Lipinski definition) is 0. The van der Waals surface area contributed by atoms with Gasteiger partial charge in [0.05, 0.1) is 0 Å². The van der Waals surface area contributed by atoms with E-state index in [-0.39, 0.29) is 5.92 Å². The van der Waals surface area contributed by atoms with Crippen LogP contribution in [0.25, 0.3) is 0 Å². The summed E-state index contributed by atoms with van der Waals surface area (Å²) in [4.78, 5) is 0. The van der Waals surface area contributed by atoms with Crippen molar-refractivity contribution in [3.63, 3.8) is 0 Å². The average Bonchev–Trinajstić information content (AvgIpc) is 2.28. The fourth-order valence-corrected chi connectivity index (χ4v) is 1.26. The van der Waals surface area contributed by atoms with E-state index < -0.39 is 0 Å². The van der Waals surface area contributed by atoms with E-state index in [1.807, 2.05) is 31.2 Å². The molecule has 12 heavy (non-hydrogen) atoms. The van der Waals surface area contributed by atoms with Gasteiger partial charge in [0.15, 0.2) is 0 Å². The molecule has 0 fully saturated rings. The molecule has 0 amide bonds. The third-order valence-corrected chi connectivity index (χ3v) is 2.14. The standard InChI is InChI=1S/C11H9Br/c1-3-9(2)10-6-4-5-7-11(12)8-10/h1,5-9H,2H3. The smallest absolute Gasteiger partial charge is 0.0428 e. The Morgan fingerprint density at radius 3 is 3.08 bits per heavy atom. The van der Waals surface area contributed by atoms with Crippen LogP contribution >= 0.6 is 15.9 Å². The summed E-state index contributed by atoms with van der Waals surface area (Å²) >= 11 is 3.40. The number of terminal acetylenes is 1. The first kappa shape index (κ1) is 9.13. The maximum atomic E-state index is 5.32. The Hall–Kier alpha value is -0.960. The summed E-state index contributed by atoms with van der Waals surface area (Å²) in [6.45, 7) is 2.00. The van der Waals surface area contributed by atoms with Crippen molar-refractivity contribution in [1.82, 2.24) is 0 Å². The molecule has 1 atom stereocenters. The van der Waals surface area contributed by atoms with Crippen LogP contribution in [0.4, 0.5) is 0 Å². The number of allylic oxidation sites excluding steroid dienone is 5. The summed E-state index contributed by atoms with van der Waals surface area (Å²) in [5.41, 5.74) is 4.13. The summed E-state index contributed by atoms with van der Waals surface area (Å²) in [5.74, 6) is 2.82. The second-order valence-corrected chi connectivity index (χ2v) is 3.48. The van der Waals surface area contributed by atoms with Gasteiger partial charge in [0, 0.05) is 10.4 Å². The van der Waals surface area contributed by atoms with Gasteiger partial charge in [-0.15, -0.1) is 12.2 Å². The lowest BCUT2D eigenvalue weighted by atomic mass is 10.0. The minimum Gasteiger partial charge on any atom is -0.120 e. The largest absolute Gasteiger partial charge is 0.120 e. The van der Waals surface area contributed by atoms with Gasteiger partial charge >= 0.3 is 0 Å². The molecule has 0 aromatic rings. The normalized spacial score (nSPS) is 17.4. The highest BCUT2D eigenvalue weighted by molar-refractivity contribution is 9.11. The van der Waals surface area contributed by atoms with E-state index in [1.54, 1.807) is 0 Å². The molecule has 0 spiro atoms. The molecule has 0 radical (unpaired) electrons. The average molecular weight is 221 g/mol. The van der Waals surface area contributed by atoms with Gasteiger partial charge < -0.3 is 0 Å². The van der Waals surface area contributed by atoms with Crippen molar-refractivity contribution in [3.05, 3.63) is 40.1 Å². The minimum atomic E-state index is 0.143. The van der Waals surface area contributed by atoms with Gasteiger partial charge in [-0.25, -0.2) is 0 Å². The summed E-state index contributed by atoms with van der Waals surface area (Å²) < 4.78 is 1.03. The van der Waals surface area contributed by atoms with E-state index in [2.05, 4.69) is 27.6 Å². The van der Waals surface area contributed by atoms with Crippen LogP contribution in [-0.4, -0.2) is 0 Å². The van der Waals surface area contributed by atoms with Crippen LogP contribution in [0, 0.1) is 18.3 Å². The summed E-state index contributed by atoms with van der Waals surface area (Å²) in [7, 11) is 0. The highest BCUT2D eigenvalue weighted by atomic mass is 79.9. The molecule has 0 N–H and O–H groups in total. The van der Waals surface area contributed by atoms with E-state index in [4.69, 9.17) is 6.42 Å². The second-order valence-electron chi connectivity index (χ2n) is 2.56. The lowest BCUT2D eigenvalue weighted by Gasteiger charge is -2.02. The highest BCUT2D eigenvalue weighted by Crippen LogP contribution is 2.18. The quantitative estimate of drug-likeness (QED) is 0.471. The van der Waals surface area contributed by atoms with Gasteiger partial charge in [-0.2, -0.15) is 0 Å². The van der Waals surface area contributed by atoms with Crippen LogP contribution in [0.3, 0.4) is 0 Å². The van der Waals surface area contributed by atoms with Crippen molar-refractivity contribution in [2.75, 3.05) is 0 Å². The molecule has 0 aromatic heterocycles. The van der Waals surface area contributed by atoms with Gasteiger partial charge in [0.25, 0.3) is 0 Å². The zero-order valence-corrected chi connectivity index (χ0v) is 8.43. The Labute approximate surface area is 81.5 Å². The van der Waals surface area contributed by atoms with Gasteiger partial charge in [0.1, 0.15) is 0 Å². The Balaban J connectivity index is 3.00. The molecule has 60 valence electrons. The molecule has 0 aromatic carbocycles. The van der Waals surface area contributed by atoms with E-state index >= 15 is 0 Å². The first-order valence-electron chi connectivity index (χ1n) is 3.70. The van der Waals surface area contributed by atoms with E-state index in [0.717, 1.165) is 10.1 Å². The topological polar surface area (TPSA) is 0 Å². The molecule has 0 saturated carbocycles. The summed E-state index contributed by atoms with van der Waals surface area (Å²) in [6.07, 6.45) is 13.0. The van der Waals surface area contributed by atoms with Gasteiger partial charge in [-0.3, -0.25) is 0 Å². The van der Waals surface area contributed by atoms with Gasteiger partial charge in [-0.1, -0.05) is 21.9 Å². The van der Waals surface area contributed by atoms with Crippen molar-refractivity contribution in [3.8, 4) is 12.3 Å².